The van der Waals surface area contributed by atoms with E-state index in [0.29, 0.717) is 17.1 Å². The Balaban J connectivity index is 2.29. The Hall–Kier alpha value is -1.54. The highest BCUT2D eigenvalue weighted by Crippen LogP contribution is 2.26. The monoisotopic (exact) mass is 303 g/mol. The van der Waals surface area contributed by atoms with Crippen molar-refractivity contribution in [2.45, 2.75) is 11.4 Å². The van der Waals surface area contributed by atoms with Crippen molar-refractivity contribution in [3.63, 3.8) is 0 Å². The van der Waals surface area contributed by atoms with Crippen molar-refractivity contribution in [1.82, 2.24) is 4.98 Å². The van der Waals surface area contributed by atoms with Crippen LogP contribution in [0.5, 0.6) is 0 Å². The number of halogens is 1. The topological polar surface area (TPSA) is 62.7 Å². The number of nitriles is 1. The molecule has 0 radical (unpaired) electrons. The van der Waals surface area contributed by atoms with Crippen LogP contribution < -0.4 is 5.73 Å². The number of nitrogens with two attached hydrogens (primary N) is 1. The van der Waals surface area contributed by atoms with Gasteiger partial charge in [-0.2, -0.15) is 5.26 Å². The van der Waals surface area contributed by atoms with Gasteiger partial charge in [-0.3, -0.25) is 0 Å². The Morgan fingerprint density at radius 3 is 2.60 bits per heavy atom. The Morgan fingerprint density at radius 1 is 1.20 bits per heavy atom. The van der Waals surface area contributed by atoms with Crippen molar-refractivity contribution in [2.75, 3.05) is 12.3 Å². The number of nitrogens with zero attached hydrogens (tertiary/aromatic N) is 2. The van der Waals surface area contributed by atoms with Crippen LogP contribution in [0.2, 0.25) is 5.02 Å². The van der Waals surface area contributed by atoms with E-state index in [2.05, 4.69) is 11.1 Å². The number of hydrogen-bond donors (Lipinski definition) is 1. The van der Waals surface area contributed by atoms with Gasteiger partial charge in [0.25, 0.3) is 0 Å². The molecule has 2 rings (SSSR count). The molecule has 0 aliphatic heterocycles. The molecule has 2 N–H and O–H groups in total. The third-order valence-electron chi connectivity index (χ3n) is 2.71. The van der Waals surface area contributed by atoms with Gasteiger partial charge in [0.05, 0.1) is 11.3 Å². The molecule has 0 aliphatic carbocycles. The maximum Gasteiger partial charge on any atom is 0.115 e. The van der Waals surface area contributed by atoms with Crippen LogP contribution in [0.25, 0.3) is 11.3 Å². The molecule has 3 nitrogen and oxygen atoms in total. The molecule has 1 aromatic heterocycles. The summed E-state index contributed by atoms with van der Waals surface area (Å²) in [4.78, 5) is 4.57. The summed E-state index contributed by atoms with van der Waals surface area (Å²) < 4.78 is 0. The standard InChI is InChI=1S/C15H14ClN3S/c16-13-5-2-11(3-6-13)14-7-4-12(10-18)15(19-14)20-9-1-8-17/h2-7H,1,8-9,17H2. The number of aromatic nitrogens is 1. The number of rotatable bonds is 5. The summed E-state index contributed by atoms with van der Waals surface area (Å²) in [6.07, 6.45) is 0.905. The smallest absolute Gasteiger partial charge is 0.115 e. The molecule has 5 heteroatoms. The lowest BCUT2D eigenvalue weighted by Crippen LogP contribution is -2.00. The lowest BCUT2D eigenvalue weighted by molar-refractivity contribution is 0.940. The molecular formula is C15H14ClN3S. The molecule has 1 heterocycles. The molecule has 0 aliphatic rings. The van der Waals surface area contributed by atoms with Crippen LogP contribution in [-0.2, 0) is 0 Å². The van der Waals surface area contributed by atoms with E-state index in [4.69, 9.17) is 22.6 Å². The first kappa shape index (κ1) is 14.9. The van der Waals surface area contributed by atoms with Crippen LogP contribution in [-0.4, -0.2) is 17.3 Å². The summed E-state index contributed by atoms with van der Waals surface area (Å²) >= 11 is 7.45. The van der Waals surface area contributed by atoms with Crippen LogP contribution in [0.15, 0.2) is 41.4 Å². The third kappa shape index (κ3) is 3.73. The Labute approximate surface area is 127 Å². The first-order valence-electron chi connectivity index (χ1n) is 6.24. The molecule has 20 heavy (non-hydrogen) atoms. The normalized spacial score (nSPS) is 10.2. The molecule has 0 fully saturated rings. The third-order valence-corrected chi connectivity index (χ3v) is 4.04. The fourth-order valence-electron chi connectivity index (χ4n) is 1.67. The zero-order valence-electron chi connectivity index (χ0n) is 10.8. The first-order valence-corrected chi connectivity index (χ1v) is 7.61. The van der Waals surface area contributed by atoms with E-state index in [9.17, 15) is 0 Å². The molecule has 0 atom stereocenters. The van der Waals surface area contributed by atoms with E-state index >= 15 is 0 Å². The highest BCUT2D eigenvalue weighted by atomic mass is 35.5. The van der Waals surface area contributed by atoms with E-state index in [1.165, 1.54) is 0 Å². The van der Waals surface area contributed by atoms with Gasteiger partial charge in [0.2, 0.25) is 0 Å². The van der Waals surface area contributed by atoms with Gasteiger partial charge in [-0.15, -0.1) is 11.8 Å². The van der Waals surface area contributed by atoms with Gasteiger partial charge < -0.3 is 5.73 Å². The zero-order valence-corrected chi connectivity index (χ0v) is 12.4. The van der Waals surface area contributed by atoms with Gasteiger partial charge in [-0.1, -0.05) is 23.7 Å². The second-order valence-electron chi connectivity index (χ2n) is 4.16. The molecular weight excluding hydrogens is 290 g/mol. The fourth-order valence-corrected chi connectivity index (χ4v) is 2.73. The molecule has 1 aromatic carbocycles. The first-order chi connectivity index (χ1) is 9.74. The largest absolute Gasteiger partial charge is 0.330 e. The van der Waals surface area contributed by atoms with Crippen LogP contribution in [0.1, 0.15) is 12.0 Å². The molecule has 2 aromatic rings. The number of pyridine rings is 1. The Morgan fingerprint density at radius 2 is 1.95 bits per heavy atom. The van der Waals surface area contributed by atoms with Crippen molar-refractivity contribution in [2.24, 2.45) is 5.73 Å². The van der Waals surface area contributed by atoms with Gasteiger partial charge in [0, 0.05) is 16.3 Å². The van der Waals surface area contributed by atoms with Crippen molar-refractivity contribution >= 4 is 23.4 Å². The summed E-state index contributed by atoms with van der Waals surface area (Å²) in [6.45, 7) is 0.645. The molecule has 0 amide bonds. The molecule has 0 bridgehead atoms. The van der Waals surface area contributed by atoms with E-state index in [0.717, 1.165) is 28.5 Å². The lowest BCUT2D eigenvalue weighted by atomic mass is 10.1. The Bertz CT molecular complexity index is 620. The zero-order chi connectivity index (χ0) is 14.4. The number of thioether (sulfide) groups is 1. The number of benzene rings is 1. The number of hydrogen-bond acceptors (Lipinski definition) is 4. The highest BCUT2D eigenvalue weighted by molar-refractivity contribution is 7.99. The van der Waals surface area contributed by atoms with E-state index in [1.54, 1.807) is 11.8 Å². The van der Waals surface area contributed by atoms with Crippen LogP contribution in [0.3, 0.4) is 0 Å². The molecule has 0 saturated heterocycles. The quantitative estimate of drug-likeness (QED) is 0.675. The van der Waals surface area contributed by atoms with Gasteiger partial charge >= 0.3 is 0 Å². The van der Waals surface area contributed by atoms with Crippen LogP contribution in [0.4, 0.5) is 0 Å². The lowest BCUT2D eigenvalue weighted by Gasteiger charge is -2.06. The second-order valence-corrected chi connectivity index (χ2v) is 5.68. The maximum atomic E-state index is 9.13. The van der Waals surface area contributed by atoms with Crippen LogP contribution >= 0.6 is 23.4 Å². The van der Waals surface area contributed by atoms with Crippen molar-refractivity contribution in [3.05, 3.63) is 47.0 Å². The maximum absolute atomic E-state index is 9.13. The average molecular weight is 304 g/mol. The minimum atomic E-state index is 0.602. The van der Waals surface area contributed by atoms with Gasteiger partial charge in [-0.05, 0) is 37.2 Å². The van der Waals surface area contributed by atoms with Crippen molar-refractivity contribution in [3.8, 4) is 17.3 Å². The SMILES string of the molecule is N#Cc1ccc(-c2ccc(Cl)cc2)nc1SCCCN. The highest BCUT2D eigenvalue weighted by Gasteiger charge is 2.07. The summed E-state index contributed by atoms with van der Waals surface area (Å²) in [5.74, 6) is 0.863. The average Bonchev–Trinajstić information content (AvgIpc) is 2.48. The predicted octanol–water partition coefficient (Wildman–Crippen LogP) is 3.71. The summed E-state index contributed by atoms with van der Waals surface area (Å²) in [6, 6.07) is 13.3. The van der Waals surface area contributed by atoms with Gasteiger partial charge in [0.15, 0.2) is 0 Å². The minimum Gasteiger partial charge on any atom is -0.330 e. The predicted molar refractivity (Wildman–Crippen MR) is 83.8 cm³/mol. The molecule has 102 valence electrons. The summed E-state index contributed by atoms with van der Waals surface area (Å²) in [5, 5.41) is 10.6. The molecule has 0 saturated carbocycles. The van der Waals surface area contributed by atoms with E-state index in [-0.39, 0.29) is 0 Å². The van der Waals surface area contributed by atoms with Crippen molar-refractivity contribution in [1.29, 1.82) is 5.26 Å². The van der Waals surface area contributed by atoms with E-state index in [1.807, 2.05) is 36.4 Å². The van der Waals surface area contributed by atoms with Gasteiger partial charge in [0.1, 0.15) is 11.1 Å². The molecule has 0 spiro atoms. The van der Waals surface area contributed by atoms with Crippen LogP contribution in [0, 0.1) is 11.3 Å². The summed E-state index contributed by atoms with van der Waals surface area (Å²) in [5.41, 5.74) is 7.92. The Kier molecular flexibility index (Phi) is 5.42. The summed E-state index contributed by atoms with van der Waals surface area (Å²) in [7, 11) is 0. The molecule has 0 unspecified atom stereocenters. The van der Waals surface area contributed by atoms with E-state index < -0.39 is 0 Å². The fraction of sp³-hybridized carbons (Fsp3) is 0.200. The minimum absolute atomic E-state index is 0.602. The van der Waals surface area contributed by atoms with Gasteiger partial charge in [-0.25, -0.2) is 4.98 Å². The second kappa shape index (κ2) is 7.30. The van der Waals surface area contributed by atoms with Crippen molar-refractivity contribution < 1.29 is 0 Å².